The van der Waals surface area contributed by atoms with Crippen LogP contribution in [0, 0.1) is 6.92 Å². The van der Waals surface area contributed by atoms with Gasteiger partial charge in [-0.3, -0.25) is 4.79 Å². The normalized spacial score (nSPS) is 10.5. The van der Waals surface area contributed by atoms with E-state index in [2.05, 4.69) is 5.10 Å². The molecule has 1 aromatic heterocycles. The summed E-state index contributed by atoms with van der Waals surface area (Å²) in [4.78, 5) is 12.6. The quantitative estimate of drug-likeness (QED) is 0.752. The molecule has 0 unspecified atom stereocenters. The molecular weight excluding hydrogens is 292 g/mol. The molecule has 0 aliphatic rings. The number of benzene rings is 2. The van der Waals surface area contributed by atoms with Gasteiger partial charge in [0.1, 0.15) is 11.5 Å². The lowest BCUT2D eigenvalue weighted by molar-refractivity contribution is 0.103. The lowest BCUT2D eigenvalue weighted by Crippen LogP contribution is -2.01. The molecule has 0 saturated carbocycles. The van der Waals surface area contributed by atoms with Crippen molar-refractivity contribution >= 4 is 5.78 Å². The number of ketones is 1. The minimum atomic E-state index is -0.305. The molecule has 23 heavy (non-hydrogen) atoms. The third-order valence-corrected chi connectivity index (χ3v) is 3.56. The van der Waals surface area contributed by atoms with Crippen LogP contribution in [0.25, 0.3) is 5.69 Å². The molecule has 0 spiro atoms. The number of hydrogen-bond donors (Lipinski definition) is 1. The van der Waals surface area contributed by atoms with Gasteiger partial charge in [-0.05, 0) is 42.8 Å². The molecule has 1 heterocycles. The van der Waals surface area contributed by atoms with Gasteiger partial charge in [-0.25, -0.2) is 4.68 Å². The SMILES string of the molecule is COc1ccc(O)c(C(=O)c2cnn(-c3cccc(C)c3)c2)c1. The van der Waals surface area contributed by atoms with Gasteiger partial charge in [-0.15, -0.1) is 0 Å². The lowest BCUT2D eigenvalue weighted by atomic mass is 10.1. The maximum atomic E-state index is 12.6. The van der Waals surface area contributed by atoms with E-state index >= 15 is 0 Å². The Morgan fingerprint density at radius 3 is 2.78 bits per heavy atom. The molecule has 1 N–H and O–H groups in total. The predicted molar refractivity (Wildman–Crippen MR) is 86.4 cm³/mol. The number of aryl methyl sites for hydroxylation is 1. The number of phenolic OH excluding ortho intramolecular Hbond substituents is 1. The third-order valence-electron chi connectivity index (χ3n) is 3.56. The van der Waals surface area contributed by atoms with Crippen molar-refractivity contribution in [2.24, 2.45) is 0 Å². The average molecular weight is 308 g/mol. The highest BCUT2D eigenvalue weighted by Crippen LogP contribution is 2.25. The van der Waals surface area contributed by atoms with E-state index in [1.807, 2.05) is 31.2 Å². The van der Waals surface area contributed by atoms with E-state index in [0.29, 0.717) is 11.3 Å². The maximum Gasteiger partial charge on any atom is 0.200 e. The largest absolute Gasteiger partial charge is 0.507 e. The fourth-order valence-electron chi connectivity index (χ4n) is 2.33. The van der Waals surface area contributed by atoms with Gasteiger partial charge >= 0.3 is 0 Å². The number of nitrogens with zero attached hydrogens (tertiary/aromatic N) is 2. The van der Waals surface area contributed by atoms with Crippen LogP contribution in [0.2, 0.25) is 0 Å². The van der Waals surface area contributed by atoms with E-state index in [1.165, 1.54) is 25.4 Å². The summed E-state index contributed by atoms with van der Waals surface area (Å²) in [5.74, 6) is 0.122. The fraction of sp³-hybridized carbons (Fsp3) is 0.111. The molecule has 116 valence electrons. The van der Waals surface area contributed by atoms with Gasteiger partial charge in [-0.1, -0.05) is 12.1 Å². The predicted octanol–water partition coefficient (Wildman–Crippen LogP) is 3.13. The number of carbonyl (C=O) groups excluding carboxylic acids is 1. The van der Waals surface area contributed by atoms with Crippen molar-refractivity contribution in [1.29, 1.82) is 0 Å². The van der Waals surface area contributed by atoms with Gasteiger partial charge in [0, 0.05) is 6.20 Å². The minimum Gasteiger partial charge on any atom is -0.507 e. The van der Waals surface area contributed by atoms with Crippen LogP contribution in [-0.2, 0) is 0 Å². The summed E-state index contributed by atoms with van der Waals surface area (Å²) in [6.07, 6.45) is 3.14. The number of carbonyl (C=O) groups is 1. The Labute approximate surface area is 133 Å². The van der Waals surface area contributed by atoms with E-state index in [0.717, 1.165) is 11.3 Å². The summed E-state index contributed by atoms with van der Waals surface area (Å²) in [7, 11) is 1.51. The van der Waals surface area contributed by atoms with Crippen molar-refractivity contribution in [2.45, 2.75) is 6.92 Å². The fourth-order valence-corrected chi connectivity index (χ4v) is 2.33. The Kier molecular flexibility index (Phi) is 3.85. The van der Waals surface area contributed by atoms with Gasteiger partial charge in [0.25, 0.3) is 0 Å². The summed E-state index contributed by atoms with van der Waals surface area (Å²) in [5, 5.41) is 14.1. The second-order valence-corrected chi connectivity index (χ2v) is 5.22. The highest BCUT2D eigenvalue weighted by molar-refractivity contribution is 6.10. The molecule has 3 rings (SSSR count). The second kappa shape index (κ2) is 5.96. The van der Waals surface area contributed by atoms with Crippen LogP contribution in [-0.4, -0.2) is 27.8 Å². The van der Waals surface area contributed by atoms with Crippen LogP contribution in [0.1, 0.15) is 21.5 Å². The summed E-state index contributed by atoms with van der Waals surface area (Å²) in [6, 6.07) is 12.4. The number of hydrogen-bond acceptors (Lipinski definition) is 4. The van der Waals surface area contributed by atoms with E-state index in [1.54, 1.807) is 16.9 Å². The summed E-state index contributed by atoms with van der Waals surface area (Å²) in [5.41, 5.74) is 2.57. The number of phenols is 1. The van der Waals surface area contributed by atoms with E-state index in [4.69, 9.17) is 4.74 Å². The zero-order chi connectivity index (χ0) is 16.4. The number of aromatic hydroxyl groups is 1. The molecule has 0 fully saturated rings. The molecular formula is C18H16N2O3. The molecule has 0 bridgehead atoms. The van der Waals surface area contributed by atoms with Gasteiger partial charge in [0.15, 0.2) is 5.78 Å². The van der Waals surface area contributed by atoms with Gasteiger partial charge < -0.3 is 9.84 Å². The molecule has 0 aliphatic carbocycles. The Morgan fingerprint density at radius 2 is 2.04 bits per heavy atom. The summed E-state index contributed by atoms with van der Waals surface area (Å²) >= 11 is 0. The standard InChI is InChI=1S/C18H16N2O3/c1-12-4-3-5-14(8-12)20-11-13(10-19-20)18(22)16-9-15(23-2)6-7-17(16)21/h3-11,21H,1-2H3. The highest BCUT2D eigenvalue weighted by atomic mass is 16.5. The molecule has 2 aromatic carbocycles. The smallest absolute Gasteiger partial charge is 0.200 e. The first-order chi connectivity index (χ1) is 11.1. The molecule has 5 heteroatoms. The first-order valence-corrected chi connectivity index (χ1v) is 7.12. The number of methoxy groups -OCH3 is 1. The monoisotopic (exact) mass is 308 g/mol. The van der Waals surface area contributed by atoms with Crippen LogP contribution in [0.4, 0.5) is 0 Å². The van der Waals surface area contributed by atoms with Crippen molar-refractivity contribution in [3.63, 3.8) is 0 Å². The first kappa shape index (κ1) is 14.8. The Morgan fingerprint density at radius 1 is 1.22 bits per heavy atom. The average Bonchev–Trinajstić information content (AvgIpc) is 3.05. The van der Waals surface area contributed by atoms with Crippen LogP contribution in [0.3, 0.4) is 0 Å². The van der Waals surface area contributed by atoms with E-state index in [-0.39, 0.29) is 17.1 Å². The second-order valence-electron chi connectivity index (χ2n) is 5.22. The third kappa shape index (κ3) is 2.94. The van der Waals surface area contributed by atoms with Crippen molar-refractivity contribution in [1.82, 2.24) is 9.78 Å². The van der Waals surface area contributed by atoms with E-state index in [9.17, 15) is 9.90 Å². The molecule has 0 amide bonds. The summed E-state index contributed by atoms with van der Waals surface area (Å²) in [6.45, 7) is 1.99. The molecule has 0 atom stereocenters. The van der Waals surface area contributed by atoms with Gasteiger partial charge in [0.05, 0.1) is 30.1 Å². The lowest BCUT2D eigenvalue weighted by Gasteiger charge is -2.05. The van der Waals surface area contributed by atoms with E-state index < -0.39 is 0 Å². The zero-order valence-corrected chi connectivity index (χ0v) is 12.9. The van der Waals surface area contributed by atoms with Crippen molar-refractivity contribution in [3.8, 4) is 17.2 Å². The summed E-state index contributed by atoms with van der Waals surface area (Å²) < 4.78 is 6.74. The first-order valence-electron chi connectivity index (χ1n) is 7.12. The van der Waals surface area contributed by atoms with Crippen molar-refractivity contribution in [3.05, 3.63) is 71.5 Å². The van der Waals surface area contributed by atoms with Crippen LogP contribution in [0.5, 0.6) is 11.5 Å². The molecule has 0 radical (unpaired) electrons. The number of rotatable bonds is 4. The van der Waals surface area contributed by atoms with Crippen molar-refractivity contribution in [2.75, 3.05) is 7.11 Å². The highest BCUT2D eigenvalue weighted by Gasteiger charge is 2.17. The number of ether oxygens (including phenoxy) is 1. The molecule has 5 nitrogen and oxygen atoms in total. The molecule has 3 aromatic rings. The number of aromatic nitrogens is 2. The van der Waals surface area contributed by atoms with Crippen LogP contribution in [0.15, 0.2) is 54.9 Å². The van der Waals surface area contributed by atoms with Gasteiger partial charge in [-0.2, -0.15) is 5.10 Å². The topological polar surface area (TPSA) is 64.3 Å². The zero-order valence-electron chi connectivity index (χ0n) is 12.9. The van der Waals surface area contributed by atoms with Crippen LogP contribution >= 0.6 is 0 Å². The molecule has 0 aliphatic heterocycles. The van der Waals surface area contributed by atoms with Crippen molar-refractivity contribution < 1.29 is 14.6 Å². The Balaban J connectivity index is 1.96. The Hall–Kier alpha value is -3.08. The maximum absolute atomic E-state index is 12.6. The van der Waals surface area contributed by atoms with Gasteiger partial charge in [0.2, 0.25) is 0 Å². The Bertz CT molecular complexity index is 868. The molecule has 0 saturated heterocycles. The van der Waals surface area contributed by atoms with Crippen LogP contribution < -0.4 is 4.74 Å². The minimum absolute atomic E-state index is 0.0842.